The number of H-pyrrole nitrogens is 1. The van der Waals surface area contributed by atoms with Gasteiger partial charge in [0.15, 0.2) is 6.23 Å². The number of halogens is 1. The lowest BCUT2D eigenvalue weighted by atomic mass is 10.2. The number of nitrogens with one attached hydrogen (secondary N) is 1. The SMILES string of the molecule is Cc1nn([C@@H]2O[C@H](CO)[C@@H](O)[C@@H]2Br)c(=O)[nH]c1=O. The molecule has 0 saturated carbocycles. The number of hydrogen-bond donors (Lipinski definition) is 3. The van der Waals surface area contributed by atoms with Crippen LogP contribution in [-0.4, -0.2) is 48.6 Å². The smallest absolute Gasteiger partial charge is 0.347 e. The molecule has 1 fully saturated rings. The Morgan fingerprint density at radius 2 is 2.22 bits per heavy atom. The van der Waals surface area contributed by atoms with Gasteiger partial charge in [0.2, 0.25) is 0 Å². The first-order valence-corrected chi connectivity index (χ1v) is 6.15. The maximum absolute atomic E-state index is 11.6. The van der Waals surface area contributed by atoms with Crippen LogP contribution in [0.15, 0.2) is 9.59 Å². The highest BCUT2D eigenvalue weighted by Gasteiger charge is 2.44. The van der Waals surface area contributed by atoms with E-state index in [1.165, 1.54) is 6.92 Å². The molecule has 2 heterocycles. The molecule has 1 aliphatic rings. The summed E-state index contributed by atoms with van der Waals surface area (Å²) in [5, 5.41) is 22.6. The Morgan fingerprint density at radius 1 is 1.56 bits per heavy atom. The van der Waals surface area contributed by atoms with Crippen LogP contribution < -0.4 is 11.2 Å². The van der Waals surface area contributed by atoms with Crippen molar-refractivity contribution in [3.05, 3.63) is 26.5 Å². The van der Waals surface area contributed by atoms with Gasteiger partial charge in [-0.05, 0) is 6.92 Å². The van der Waals surface area contributed by atoms with Crippen molar-refractivity contribution in [2.75, 3.05) is 6.61 Å². The van der Waals surface area contributed by atoms with Crippen molar-refractivity contribution in [1.29, 1.82) is 0 Å². The maximum atomic E-state index is 11.6. The van der Waals surface area contributed by atoms with E-state index in [0.717, 1.165) is 4.68 Å². The van der Waals surface area contributed by atoms with Crippen LogP contribution in [0.5, 0.6) is 0 Å². The molecule has 18 heavy (non-hydrogen) atoms. The summed E-state index contributed by atoms with van der Waals surface area (Å²) in [7, 11) is 0. The van der Waals surface area contributed by atoms with Gasteiger partial charge in [0, 0.05) is 0 Å². The number of aromatic nitrogens is 3. The molecule has 1 aliphatic heterocycles. The fourth-order valence-corrected chi connectivity index (χ4v) is 2.41. The zero-order chi connectivity index (χ0) is 13.4. The molecule has 100 valence electrons. The van der Waals surface area contributed by atoms with Crippen LogP contribution in [0.25, 0.3) is 0 Å². The molecule has 0 unspecified atom stereocenters. The van der Waals surface area contributed by atoms with E-state index in [0.29, 0.717) is 0 Å². The highest BCUT2D eigenvalue weighted by atomic mass is 79.9. The van der Waals surface area contributed by atoms with E-state index in [2.05, 4.69) is 26.0 Å². The largest absolute Gasteiger partial charge is 0.394 e. The quantitative estimate of drug-likeness (QED) is 0.556. The summed E-state index contributed by atoms with van der Waals surface area (Å²) < 4.78 is 6.27. The molecule has 1 aromatic rings. The van der Waals surface area contributed by atoms with Crippen molar-refractivity contribution in [3.63, 3.8) is 0 Å². The highest BCUT2D eigenvalue weighted by Crippen LogP contribution is 2.32. The zero-order valence-corrected chi connectivity index (χ0v) is 11.0. The van der Waals surface area contributed by atoms with Gasteiger partial charge in [0.25, 0.3) is 5.56 Å². The fraction of sp³-hybridized carbons (Fsp3) is 0.667. The number of rotatable bonds is 2. The van der Waals surface area contributed by atoms with Gasteiger partial charge in [-0.1, -0.05) is 15.9 Å². The normalized spacial score (nSPS) is 31.8. The molecule has 0 aromatic carbocycles. The monoisotopic (exact) mass is 321 g/mol. The average Bonchev–Trinajstić information content (AvgIpc) is 2.61. The first-order valence-electron chi connectivity index (χ1n) is 5.24. The number of aryl methyl sites for hydroxylation is 1. The Kier molecular flexibility index (Phi) is 3.66. The maximum Gasteiger partial charge on any atom is 0.347 e. The number of alkyl halides is 1. The van der Waals surface area contributed by atoms with Crippen molar-refractivity contribution in [2.45, 2.75) is 30.2 Å². The van der Waals surface area contributed by atoms with Crippen LogP contribution in [0.2, 0.25) is 0 Å². The lowest BCUT2D eigenvalue weighted by Gasteiger charge is -2.15. The zero-order valence-electron chi connectivity index (χ0n) is 9.41. The van der Waals surface area contributed by atoms with E-state index >= 15 is 0 Å². The third kappa shape index (κ3) is 2.14. The van der Waals surface area contributed by atoms with E-state index in [9.17, 15) is 14.7 Å². The summed E-state index contributed by atoms with van der Waals surface area (Å²) in [6, 6.07) is 0. The van der Waals surface area contributed by atoms with Crippen LogP contribution in [0.1, 0.15) is 11.9 Å². The van der Waals surface area contributed by atoms with Crippen molar-refractivity contribution >= 4 is 15.9 Å². The van der Waals surface area contributed by atoms with Gasteiger partial charge in [-0.2, -0.15) is 9.78 Å². The summed E-state index contributed by atoms with van der Waals surface area (Å²) in [5.41, 5.74) is -1.19. The third-order valence-electron chi connectivity index (χ3n) is 2.73. The minimum Gasteiger partial charge on any atom is -0.394 e. The fourth-order valence-electron chi connectivity index (χ4n) is 1.72. The van der Waals surface area contributed by atoms with Gasteiger partial charge in [0.1, 0.15) is 11.8 Å². The molecule has 0 aliphatic carbocycles. The van der Waals surface area contributed by atoms with Gasteiger partial charge in [0.05, 0.1) is 17.5 Å². The number of aromatic amines is 1. The first-order chi connectivity index (χ1) is 8.45. The molecule has 0 radical (unpaired) electrons. The number of aliphatic hydroxyl groups excluding tert-OH is 2. The van der Waals surface area contributed by atoms with Gasteiger partial charge < -0.3 is 14.9 Å². The predicted octanol–water partition coefficient (Wildman–Crippen LogP) is -1.75. The van der Waals surface area contributed by atoms with E-state index in [1.807, 2.05) is 0 Å². The molecule has 2 rings (SSSR count). The second-order valence-corrected chi connectivity index (χ2v) is 5.03. The van der Waals surface area contributed by atoms with E-state index in [1.54, 1.807) is 0 Å². The molecule has 3 N–H and O–H groups in total. The molecule has 4 atom stereocenters. The van der Waals surface area contributed by atoms with Crippen LogP contribution >= 0.6 is 15.9 Å². The Bertz CT molecular complexity index is 556. The molecule has 0 bridgehead atoms. The number of ether oxygens (including phenoxy) is 1. The molecule has 8 nitrogen and oxygen atoms in total. The van der Waals surface area contributed by atoms with Gasteiger partial charge >= 0.3 is 5.69 Å². The Hall–Kier alpha value is -1.03. The topological polar surface area (TPSA) is 117 Å². The first kappa shape index (κ1) is 13.4. The van der Waals surface area contributed by atoms with Gasteiger partial charge in [-0.3, -0.25) is 9.78 Å². The van der Waals surface area contributed by atoms with Crippen LogP contribution in [0, 0.1) is 6.92 Å². The van der Waals surface area contributed by atoms with Gasteiger partial charge in [-0.15, -0.1) is 0 Å². The summed E-state index contributed by atoms with van der Waals surface area (Å²) in [6.45, 7) is 1.07. The summed E-state index contributed by atoms with van der Waals surface area (Å²) in [5.74, 6) is 0. The molecular formula is C9H12BrN3O5. The molecule has 0 spiro atoms. The van der Waals surface area contributed by atoms with E-state index in [-0.39, 0.29) is 12.3 Å². The Balaban J connectivity index is 2.42. The third-order valence-corrected chi connectivity index (χ3v) is 3.72. The number of hydrogen-bond acceptors (Lipinski definition) is 6. The lowest BCUT2D eigenvalue weighted by Crippen LogP contribution is -2.39. The molecule has 1 saturated heterocycles. The van der Waals surface area contributed by atoms with Crippen molar-refractivity contribution < 1.29 is 14.9 Å². The lowest BCUT2D eigenvalue weighted by molar-refractivity contribution is -0.0504. The molecule has 1 aromatic heterocycles. The summed E-state index contributed by atoms with van der Waals surface area (Å²) in [6.07, 6.45) is -2.67. The number of aliphatic hydroxyl groups is 2. The van der Waals surface area contributed by atoms with Crippen molar-refractivity contribution in [2.24, 2.45) is 0 Å². The minimum atomic E-state index is -0.971. The van der Waals surface area contributed by atoms with Crippen LogP contribution in [-0.2, 0) is 4.74 Å². The van der Waals surface area contributed by atoms with Crippen LogP contribution in [0.4, 0.5) is 0 Å². The average molecular weight is 322 g/mol. The molecule has 9 heteroatoms. The molecule has 0 amide bonds. The Morgan fingerprint density at radius 3 is 2.78 bits per heavy atom. The summed E-state index contributed by atoms with van der Waals surface area (Å²) >= 11 is 3.19. The predicted molar refractivity (Wildman–Crippen MR) is 63.6 cm³/mol. The van der Waals surface area contributed by atoms with Crippen molar-refractivity contribution in [1.82, 2.24) is 14.8 Å². The Labute approximate surface area is 109 Å². The van der Waals surface area contributed by atoms with Crippen molar-refractivity contribution in [3.8, 4) is 0 Å². The highest BCUT2D eigenvalue weighted by molar-refractivity contribution is 9.09. The van der Waals surface area contributed by atoms with E-state index < -0.39 is 34.5 Å². The molecular weight excluding hydrogens is 310 g/mol. The number of nitrogens with zero attached hydrogens (tertiary/aromatic N) is 2. The standard InChI is InChI=1S/C9H12BrN3O5/c1-3-7(16)11-9(17)13(12-3)8-5(10)6(15)4(2-14)18-8/h4-6,8,14-15H,2H2,1H3,(H,11,16,17)/t4-,5+,6-,8-/m1/s1. The second-order valence-electron chi connectivity index (χ2n) is 3.97. The van der Waals surface area contributed by atoms with E-state index in [4.69, 9.17) is 9.84 Å². The van der Waals surface area contributed by atoms with Gasteiger partial charge in [-0.25, -0.2) is 4.79 Å². The van der Waals surface area contributed by atoms with Crippen LogP contribution in [0.3, 0.4) is 0 Å². The minimum absolute atomic E-state index is 0.111. The second kappa shape index (κ2) is 4.92. The summed E-state index contributed by atoms with van der Waals surface area (Å²) in [4.78, 5) is 24.3.